The normalized spacial score (nSPS) is 18.5. The van der Waals surface area contributed by atoms with E-state index in [9.17, 15) is 0 Å². The number of hydrogen-bond acceptors (Lipinski definition) is 2. The van der Waals surface area contributed by atoms with Gasteiger partial charge in [0.15, 0.2) is 0 Å². The number of hydrogen-bond donors (Lipinski definition) is 0. The standard InChI is InChI=1S/C14H21ClN2/c1-14(2,3)11-6-8-17(9-7-11)13-5-4-12(15)10-16-13/h4-5,10-11H,6-9H2,1-3H3. The molecule has 1 aromatic rings. The van der Waals surface area contributed by atoms with Crippen LogP contribution in [0.1, 0.15) is 33.6 Å². The second-order valence-electron chi connectivity index (χ2n) is 5.96. The van der Waals surface area contributed by atoms with Crippen LogP contribution in [0.15, 0.2) is 18.3 Å². The molecule has 0 radical (unpaired) electrons. The van der Waals surface area contributed by atoms with Gasteiger partial charge in [0.2, 0.25) is 0 Å². The molecular weight excluding hydrogens is 232 g/mol. The Labute approximate surface area is 109 Å². The molecule has 1 aliphatic rings. The lowest BCUT2D eigenvalue weighted by molar-refractivity contribution is 0.198. The first kappa shape index (κ1) is 12.7. The first-order chi connectivity index (χ1) is 7.97. The van der Waals surface area contributed by atoms with Crippen LogP contribution in [0, 0.1) is 11.3 Å². The fourth-order valence-electron chi connectivity index (χ4n) is 2.53. The van der Waals surface area contributed by atoms with Gasteiger partial charge < -0.3 is 4.90 Å². The minimum absolute atomic E-state index is 0.430. The number of halogens is 1. The van der Waals surface area contributed by atoms with Crippen molar-refractivity contribution < 1.29 is 0 Å². The number of anilines is 1. The van der Waals surface area contributed by atoms with E-state index in [0.29, 0.717) is 10.4 Å². The zero-order valence-corrected chi connectivity index (χ0v) is 11.7. The third kappa shape index (κ3) is 3.12. The van der Waals surface area contributed by atoms with Crippen molar-refractivity contribution in [1.82, 2.24) is 4.98 Å². The summed E-state index contributed by atoms with van der Waals surface area (Å²) in [5.74, 6) is 1.88. The predicted molar refractivity (Wildman–Crippen MR) is 73.6 cm³/mol. The van der Waals surface area contributed by atoms with Crippen LogP contribution in [-0.4, -0.2) is 18.1 Å². The smallest absolute Gasteiger partial charge is 0.128 e. The Morgan fingerprint density at radius 3 is 2.35 bits per heavy atom. The van der Waals surface area contributed by atoms with Gasteiger partial charge in [-0.2, -0.15) is 0 Å². The first-order valence-electron chi connectivity index (χ1n) is 6.33. The molecule has 1 saturated heterocycles. The number of rotatable bonds is 1. The van der Waals surface area contributed by atoms with E-state index in [1.54, 1.807) is 6.20 Å². The summed E-state index contributed by atoms with van der Waals surface area (Å²) in [6.07, 6.45) is 4.24. The molecule has 2 heterocycles. The molecule has 1 fully saturated rings. The zero-order valence-electron chi connectivity index (χ0n) is 10.9. The number of pyridine rings is 1. The topological polar surface area (TPSA) is 16.1 Å². The quantitative estimate of drug-likeness (QED) is 0.751. The van der Waals surface area contributed by atoms with E-state index in [1.165, 1.54) is 12.8 Å². The lowest BCUT2D eigenvalue weighted by Crippen LogP contribution is -2.38. The molecule has 0 atom stereocenters. The van der Waals surface area contributed by atoms with Gasteiger partial charge in [-0.15, -0.1) is 0 Å². The summed E-state index contributed by atoms with van der Waals surface area (Å²) < 4.78 is 0. The maximum Gasteiger partial charge on any atom is 0.128 e. The Kier molecular flexibility index (Phi) is 3.62. The van der Waals surface area contributed by atoms with Crippen LogP contribution in [0.5, 0.6) is 0 Å². The average molecular weight is 253 g/mol. The van der Waals surface area contributed by atoms with Crippen molar-refractivity contribution in [3.05, 3.63) is 23.4 Å². The van der Waals surface area contributed by atoms with Gasteiger partial charge >= 0.3 is 0 Å². The Hall–Kier alpha value is -0.760. The molecule has 0 bridgehead atoms. The van der Waals surface area contributed by atoms with E-state index in [0.717, 1.165) is 24.8 Å². The van der Waals surface area contributed by atoms with E-state index >= 15 is 0 Å². The maximum absolute atomic E-state index is 5.85. The monoisotopic (exact) mass is 252 g/mol. The largest absolute Gasteiger partial charge is 0.357 e. The van der Waals surface area contributed by atoms with Gasteiger partial charge in [-0.25, -0.2) is 4.98 Å². The third-order valence-electron chi connectivity index (χ3n) is 3.76. The van der Waals surface area contributed by atoms with Crippen molar-refractivity contribution in [3.63, 3.8) is 0 Å². The molecule has 0 saturated carbocycles. The van der Waals surface area contributed by atoms with Crippen LogP contribution in [0.4, 0.5) is 5.82 Å². The molecule has 0 unspecified atom stereocenters. The Morgan fingerprint density at radius 2 is 1.88 bits per heavy atom. The minimum atomic E-state index is 0.430. The van der Waals surface area contributed by atoms with Crippen LogP contribution in [0.3, 0.4) is 0 Å². The van der Waals surface area contributed by atoms with E-state index in [-0.39, 0.29) is 0 Å². The molecule has 1 aliphatic heterocycles. The summed E-state index contributed by atoms with van der Waals surface area (Å²) in [6.45, 7) is 9.24. The molecule has 94 valence electrons. The summed E-state index contributed by atoms with van der Waals surface area (Å²) in [5, 5.41) is 0.707. The summed E-state index contributed by atoms with van der Waals surface area (Å²) in [7, 11) is 0. The molecule has 0 aromatic carbocycles. The van der Waals surface area contributed by atoms with Crippen LogP contribution in [0.25, 0.3) is 0 Å². The lowest BCUT2D eigenvalue weighted by atomic mass is 9.75. The molecule has 17 heavy (non-hydrogen) atoms. The molecule has 1 aromatic heterocycles. The fourth-order valence-corrected chi connectivity index (χ4v) is 2.64. The van der Waals surface area contributed by atoms with E-state index < -0.39 is 0 Å². The summed E-state index contributed by atoms with van der Waals surface area (Å²) in [6, 6.07) is 3.93. The number of aromatic nitrogens is 1. The Bertz CT molecular complexity index is 359. The molecule has 0 N–H and O–H groups in total. The van der Waals surface area contributed by atoms with Crippen LogP contribution < -0.4 is 4.90 Å². The Morgan fingerprint density at radius 1 is 1.24 bits per heavy atom. The van der Waals surface area contributed by atoms with Gasteiger partial charge in [0, 0.05) is 19.3 Å². The third-order valence-corrected chi connectivity index (χ3v) is 3.98. The predicted octanol–water partition coefficient (Wildman–Crippen LogP) is 4.00. The summed E-state index contributed by atoms with van der Waals surface area (Å²) >= 11 is 5.85. The van der Waals surface area contributed by atoms with Crippen molar-refractivity contribution in [2.75, 3.05) is 18.0 Å². The van der Waals surface area contributed by atoms with Gasteiger partial charge in [0.05, 0.1) is 5.02 Å². The van der Waals surface area contributed by atoms with Crippen molar-refractivity contribution >= 4 is 17.4 Å². The van der Waals surface area contributed by atoms with E-state index in [4.69, 9.17) is 11.6 Å². The molecule has 0 amide bonds. The molecule has 2 nitrogen and oxygen atoms in total. The highest BCUT2D eigenvalue weighted by molar-refractivity contribution is 6.30. The second-order valence-corrected chi connectivity index (χ2v) is 6.40. The van der Waals surface area contributed by atoms with Gasteiger partial charge in [-0.05, 0) is 36.3 Å². The van der Waals surface area contributed by atoms with Gasteiger partial charge in [0.1, 0.15) is 5.82 Å². The molecular formula is C14H21ClN2. The van der Waals surface area contributed by atoms with Crippen molar-refractivity contribution in [1.29, 1.82) is 0 Å². The highest BCUT2D eigenvalue weighted by Crippen LogP contribution is 2.35. The van der Waals surface area contributed by atoms with E-state index in [1.807, 2.05) is 12.1 Å². The van der Waals surface area contributed by atoms with E-state index in [2.05, 4.69) is 30.7 Å². The molecule has 0 aliphatic carbocycles. The molecule has 0 spiro atoms. The number of nitrogens with zero attached hydrogens (tertiary/aromatic N) is 2. The Balaban J connectivity index is 1.97. The van der Waals surface area contributed by atoms with Gasteiger partial charge in [-0.3, -0.25) is 0 Å². The SMILES string of the molecule is CC(C)(C)C1CCN(c2ccc(Cl)cn2)CC1. The minimum Gasteiger partial charge on any atom is -0.357 e. The van der Waals surface area contributed by atoms with Gasteiger partial charge in [-0.1, -0.05) is 32.4 Å². The highest BCUT2D eigenvalue weighted by atomic mass is 35.5. The second kappa shape index (κ2) is 4.85. The first-order valence-corrected chi connectivity index (χ1v) is 6.71. The fraction of sp³-hybridized carbons (Fsp3) is 0.643. The summed E-state index contributed by atoms with van der Waals surface area (Å²) in [5.41, 5.74) is 0.430. The van der Waals surface area contributed by atoms with Gasteiger partial charge in [0.25, 0.3) is 0 Å². The summed E-state index contributed by atoms with van der Waals surface area (Å²) in [4.78, 5) is 6.74. The van der Waals surface area contributed by atoms with Crippen LogP contribution >= 0.6 is 11.6 Å². The maximum atomic E-state index is 5.85. The molecule has 2 rings (SSSR count). The van der Waals surface area contributed by atoms with Crippen LogP contribution in [-0.2, 0) is 0 Å². The van der Waals surface area contributed by atoms with Crippen molar-refractivity contribution in [2.24, 2.45) is 11.3 Å². The molecule has 3 heteroatoms. The lowest BCUT2D eigenvalue weighted by Gasteiger charge is -2.39. The van der Waals surface area contributed by atoms with Crippen LogP contribution in [0.2, 0.25) is 5.02 Å². The average Bonchev–Trinajstić information content (AvgIpc) is 2.29. The van der Waals surface area contributed by atoms with Crippen molar-refractivity contribution in [3.8, 4) is 0 Å². The zero-order chi connectivity index (χ0) is 12.5. The highest BCUT2D eigenvalue weighted by Gasteiger charge is 2.28. The van der Waals surface area contributed by atoms with Crippen molar-refractivity contribution in [2.45, 2.75) is 33.6 Å². The number of piperidine rings is 1.